The second-order valence-corrected chi connectivity index (χ2v) is 8.59. The number of phenolic OH excluding ortho intramolecular Hbond substituents is 2. The molecule has 0 saturated heterocycles. The maximum Gasteiger partial charge on any atom is 1.00 e. The molecule has 0 saturated carbocycles. The van der Waals surface area contributed by atoms with E-state index in [1.165, 1.54) is 12.1 Å². The van der Waals surface area contributed by atoms with Crippen LogP contribution in [0, 0.1) is 0 Å². The molecule has 27 heavy (non-hydrogen) atoms. The van der Waals surface area contributed by atoms with E-state index in [0.29, 0.717) is 0 Å². The molecule has 136 valence electrons. The van der Waals surface area contributed by atoms with Gasteiger partial charge in [-0.15, -0.1) is 0 Å². The Morgan fingerprint density at radius 1 is 0.741 bits per heavy atom. The molecule has 0 aliphatic rings. The van der Waals surface area contributed by atoms with E-state index < -0.39 is 46.9 Å². The predicted octanol–water partition coefficient (Wildman–Crippen LogP) is -4.76. The van der Waals surface area contributed by atoms with Gasteiger partial charge in [0.05, 0.1) is 9.79 Å². The molecule has 2 N–H and O–H groups in total. The molecule has 0 fully saturated rings. The standard InChI is InChI=1S/C15H16O8S2.2K/c1-15(2,9-3-5-11(16)13(7-9)24(18,19)20)10-4-6-12(17)14(8-10)25(21,22)23;;/h3-8,16-17H,1-2H3,(H,18,19,20)(H,21,22,23);;/q;2*+1/p-2. The second-order valence-electron chi connectivity index (χ2n) is 5.90. The van der Waals surface area contributed by atoms with Gasteiger partial charge in [0.15, 0.2) is 0 Å². The van der Waals surface area contributed by atoms with Crippen LogP contribution in [0.5, 0.6) is 11.5 Å². The van der Waals surface area contributed by atoms with E-state index >= 15 is 0 Å². The number of phenols is 2. The van der Waals surface area contributed by atoms with Crippen LogP contribution in [0.1, 0.15) is 25.0 Å². The van der Waals surface area contributed by atoms with Gasteiger partial charge in [0, 0.05) is 5.41 Å². The molecule has 0 radical (unpaired) electrons. The molecule has 0 aromatic heterocycles. The molecule has 2 rings (SSSR count). The van der Waals surface area contributed by atoms with Crippen LogP contribution in [0.4, 0.5) is 0 Å². The number of hydrogen-bond donors (Lipinski definition) is 2. The Balaban J connectivity index is 0.00000338. The van der Waals surface area contributed by atoms with Crippen molar-refractivity contribution in [3.05, 3.63) is 47.5 Å². The van der Waals surface area contributed by atoms with E-state index in [4.69, 9.17) is 0 Å². The second kappa shape index (κ2) is 9.96. The SMILES string of the molecule is CC(C)(c1ccc(O)c(S(=O)(=O)[O-])c1)c1ccc(O)c(S(=O)(=O)[O-])c1.[K+].[K+]. The zero-order chi connectivity index (χ0) is 19.2. The minimum absolute atomic E-state index is 0. The van der Waals surface area contributed by atoms with Crippen molar-refractivity contribution in [2.75, 3.05) is 0 Å². The zero-order valence-electron chi connectivity index (χ0n) is 15.1. The molecule has 2 aromatic carbocycles. The Kier molecular flexibility index (Phi) is 10.4. The normalized spacial score (nSPS) is 12.0. The van der Waals surface area contributed by atoms with E-state index in [1.807, 2.05) is 0 Å². The summed E-state index contributed by atoms with van der Waals surface area (Å²) in [7, 11) is -9.84. The Morgan fingerprint density at radius 2 is 1.04 bits per heavy atom. The Morgan fingerprint density at radius 3 is 1.30 bits per heavy atom. The zero-order valence-corrected chi connectivity index (χ0v) is 23.0. The molecular formula is C15H14K2O8S2. The Labute approximate surface area is 242 Å². The Bertz CT molecular complexity index is 964. The van der Waals surface area contributed by atoms with Crippen LogP contribution in [0.15, 0.2) is 46.2 Å². The number of aromatic hydroxyl groups is 2. The van der Waals surface area contributed by atoms with Crippen molar-refractivity contribution < 1.29 is 139 Å². The molecule has 2 aromatic rings. The molecule has 0 heterocycles. The van der Waals surface area contributed by atoms with Crippen LogP contribution in [0.2, 0.25) is 0 Å². The van der Waals surface area contributed by atoms with Gasteiger partial charge in [0.2, 0.25) is 0 Å². The van der Waals surface area contributed by atoms with E-state index in [2.05, 4.69) is 0 Å². The molecule has 0 amide bonds. The average molecular weight is 465 g/mol. The van der Waals surface area contributed by atoms with Crippen molar-refractivity contribution in [3.63, 3.8) is 0 Å². The summed E-state index contributed by atoms with van der Waals surface area (Å²) < 4.78 is 67.4. The largest absolute Gasteiger partial charge is 1.00 e. The molecular weight excluding hydrogens is 450 g/mol. The van der Waals surface area contributed by atoms with Crippen LogP contribution >= 0.6 is 0 Å². The maximum absolute atomic E-state index is 11.2. The van der Waals surface area contributed by atoms with Crippen LogP contribution in [0.25, 0.3) is 0 Å². The summed E-state index contributed by atoms with van der Waals surface area (Å²) in [6.07, 6.45) is 0. The summed E-state index contributed by atoms with van der Waals surface area (Å²) in [5.41, 5.74) is -0.486. The molecule has 0 bridgehead atoms. The molecule has 0 unspecified atom stereocenters. The van der Waals surface area contributed by atoms with Crippen molar-refractivity contribution in [2.45, 2.75) is 29.1 Å². The van der Waals surface area contributed by atoms with Gasteiger partial charge in [-0.05, 0) is 35.4 Å². The van der Waals surface area contributed by atoms with Gasteiger partial charge < -0.3 is 19.3 Å². The van der Waals surface area contributed by atoms with Gasteiger partial charge in [-0.2, -0.15) is 0 Å². The van der Waals surface area contributed by atoms with Crippen LogP contribution in [0.3, 0.4) is 0 Å². The van der Waals surface area contributed by atoms with Crippen LogP contribution in [-0.2, 0) is 25.7 Å². The van der Waals surface area contributed by atoms with Crippen LogP contribution < -0.4 is 103 Å². The first-order valence-corrected chi connectivity index (χ1v) is 9.65. The fraction of sp³-hybridized carbons (Fsp3) is 0.200. The van der Waals surface area contributed by atoms with E-state index in [9.17, 15) is 36.2 Å². The summed E-state index contributed by atoms with van der Waals surface area (Å²) in [6.45, 7) is 3.18. The summed E-state index contributed by atoms with van der Waals surface area (Å²) in [6, 6.07) is 6.76. The van der Waals surface area contributed by atoms with Gasteiger partial charge in [-0.1, -0.05) is 26.0 Å². The van der Waals surface area contributed by atoms with Crippen molar-refractivity contribution >= 4 is 20.2 Å². The summed E-state index contributed by atoms with van der Waals surface area (Å²) in [5.74, 6) is -1.41. The number of hydrogen-bond acceptors (Lipinski definition) is 8. The fourth-order valence-corrected chi connectivity index (χ4v) is 3.56. The summed E-state index contributed by atoms with van der Waals surface area (Å²) in [5, 5.41) is 19.1. The van der Waals surface area contributed by atoms with Gasteiger partial charge >= 0.3 is 103 Å². The van der Waals surface area contributed by atoms with E-state index in [0.717, 1.165) is 24.3 Å². The van der Waals surface area contributed by atoms with Crippen molar-refractivity contribution in [3.8, 4) is 11.5 Å². The van der Waals surface area contributed by atoms with E-state index in [1.54, 1.807) is 13.8 Å². The molecule has 0 atom stereocenters. The molecule has 12 heteroatoms. The third kappa shape index (κ3) is 6.56. The molecule has 0 spiro atoms. The minimum Gasteiger partial charge on any atom is -0.744 e. The average Bonchev–Trinajstić information content (AvgIpc) is 2.45. The summed E-state index contributed by atoms with van der Waals surface area (Å²) >= 11 is 0. The fourth-order valence-electron chi connectivity index (χ4n) is 2.37. The third-order valence-corrected chi connectivity index (χ3v) is 5.63. The van der Waals surface area contributed by atoms with Crippen LogP contribution in [-0.4, -0.2) is 36.2 Å². The smallest absolute Gasteiger partial charge is 0.744 e. The van der Waals surface area contributed by atoms with Gasteiger partial charge in [0.25, 0.3) is 0 Å². The predicted molar refractivity (Wildman–Crippen MR) is 84.3 cm³/mol. The maximum atomic E-state index is 11.2. The monoisotopic (exact) mass is 464 g/mol. The van der Waals surface area contributed by atoms with Crippen molar-refractivity contribution in [2.24, 2.45) is 0 Å². The first kappa shape index (κ1) is 28.1. The molecule has 0 aliphatic heterocycles. The Hall–Kier alpha value is 1.13. The van der Waals surface area contributed by atoms with Crippen molar-refractivity contribution in [1.82, 2.24) is 0 Å². The molecule has 0 aliphatic carbocycles. The summed E-state index contributed by atoms with van der Waals surface area (Å²) in [4.78, 5) is -1.62. The van der Waals surface area contributed by atoms with Gasteiger partial charge in [-0.25, -0.2) is 16.8 Å². The number of rotatable bonds is 4. The minimum atomic E-state index is -4.92. The molecule has 8 nitrogen and oxygen atoms in total. The number of benzene rings is 2. The van der Waals surface area contributed by atoms with Crippen molar-refractivity contribution in [1.29, 1.82) is 0 Å². The third-order valence-electron chi connectivity index (χ3n) is 3.90. The quantitative estimate of drug-likeness (QED) is 0.338. The first-order valence-electron chi connectivity index (χ1n) is 6.83. The van der Waals surface area contributed by atoms with E-state index in [-0.39, 0.29) is 114 Å². The van der Waals surface area contributed by atoms with Gasteiger partial charge in [-0.3, -0.25) is 0 Å². The topological polar surface area (TPSA) is 155 Å². The first-order chi connectivity index (χ1) is 11.2. The van der Waals surface area contributed by atoms with Gasteiger partial charge in [0.1, 0.15) is 31.7 Å².